The van der Waals surface area contributed by atoms with E-state index >= 15 is 0 Å². The van der Waals surface area contributed by atoms with Gasteiger partial charge in [-0.05, 0) is 69.0 Å². The Morgan fingerprint density at radius 2 is 1.63 bits per heavy atom. The Morgan fingerprint density at radius 1 is 0.967 bits per heavy atom. The van der Waals surface area contributed by atoms with Crippen molar-refractivity contribution in [1.29, 1.82) is 0 Å². The number of hydrogen-bond acceptors (Lipinski definition) is 4. The second kappa shape index (κ2) is 9.09. The van der Waals surface area contributed by atoms with Gasteiger partial charge in [0.05, 0.1) is 13.2 Å². The van der Waals surface area contributed by atoms with E-state index in [2.05, 4.69) is 18.7 Å². The summed E-state index contributed by atoms with van der Waals surface area (Å²) in [6.07, 6.45) is 2.26. The van der Waals surface area contributed by atoms with E-state index in [-0.39, 0.29) is 12.0 Å². The number of hydrogen-bond donors (Lipinski definition) is 0. The number of nitrogens with zero attached hydrogens (tertiary/aromatic N) is 2. The molecule has 2 aliphatic rings. The summed E-state index contributed by atoms with van der Waals surface area (Å²) in [4.78, 5) is 17.4. The zero-order valence-corrected chi connectivity index (χ0v) is 18.2. The third kappa shape index (κ3) is 4.31. The van der Waals surface area contributed by atoms with Crippen LogP contribution < -0.4 is 9.47 Å². The molecule has 0 aromatic heterocycles. The summed E-state index contributed by atoms with van der Waals surface area (Å²) in [5.41, 5.74) is 0.729. The van der Waals surface area contributed by atoms with Gasteiger partial charge in [-0.15, -0.1) is 0 Å². The second-order valence-corrected chi connectivity index (χ2v) is 8.61. The molecule has 0 unspecified atom stereocenters. The Kier molecular flexibility index (Phi) is 6.28. The van der Waals surface area contributed by atoms with E-state index in [0.29, 0.717) is 18.0 Å². The first-order valence-corrected chi connectivity index (χ1v) is 11.0. The second-order valence-electron chi connectivity index (χ2n) is 8.61. The number of benzene rings is 2. The molecule has 2 aromatic rings. The van der Waals surface area contributed by atoms with Crippen LogP contribution in [0.15, 0.2) is 54.6 Å². The van der Waals surface area contributed by atoms with Gasteiger partial charge < -0.3 is 14.4 Å². The van der Waals surface area contributed by atoms with E-state index < -0.39 is 0 Å². The summed E-state index contributed by atoms with van der Waals surface area (Å²) in [6, 6.07) is 18.4. The van der Waals surface area contributed by atoms with Gasteiger partial charge >= 0.3 is 0 Å². The van der Waals surface area contributed by atoms with Crippen molar-refractivity contribution in [3.63, 3.8) is 0 Å². The van der Waals surface area contributed by atoms with Gasteiger partial charge in [0, 0.05) is 31.2 Å². The number of likely N-dealkylation sites (tertiary alicyclic amines) is 2. The van der Waals surface area contributed by atoms with Crippen molar-refractivity contribution in [1.82, 2.24) is 9.80 Å². The number of methoxy groups -OCH3 is 1. The lowest BCUT2D eigenvalue weighted by Gasteiger charge is -2.54. The Bertz CT molecular complexity index is 829. The standard InChI is InChI=1S/C25H32N2O3/c1-18(2)27-17-23(30-22-7-5-4-6-8-22)24(27)19-13-15-26(16-14-19)25(28)20-9-11-21(29-3)12-10-20/h4-12,18-19,23-24H,13-17H2,1-3H3/t23-,24-/m0/s1. The van der Waals surface area contributed by atoms with E-state index in [0.717, 1.165) is 49.5 Å². The summed E-state index contributed by atoms with van der Waals surface area (Å²) in [7, 11) is 1.64. The van der Waals surface area contributed by atoms with Crippen LogP contribution >= 0.6 is 0 Å². The monoisotopic (exact) mass is 408 g/mol. The molecule has 0 bridgehead atoms. The molecule has 5 heteroatoms. The Morgan fingerprint density at radius 3 is 2.23 bits per heavy atom. The molecule has 0 N–H and O–H groups in total. The lowest BCUT2D eigenvalue weighted by molar-refractivity contribution is -0.0983. The minimum atomic E-state index is 0.113. The highest BCUT2D eigenvalue weighted by molar-refractivity contribution is 5.94. The third-order valence-electron chi connectivity index (χ3n) is 6.50. The zero-order valence-electron chi connectivity index (χ0n) is 18.2. The van der Waals surface area contributed by atoms with E-state index in [1.807, 2.05) is 59.5 Å². The van der Waals surface area contributed by atoms with Crippen molar-refractivity contribution in [3.8, 4) is 11.5 Å². The molecule has 2 saturated heterocycles. The highest BCUT2D eigenvalue weighted by atomic mass is 16.5. The number of piperidine rings is 1. The Balaban J connectivity index is 1.37. The SMILES string of the molecule is COc1ccc(C(=O)N2CCC([C@H]3[C@@H](Oc4ccccc4)CN3C(C)C)CC2)cc1. The summed E-state index contributed by atoms with van der Waals surface area (Å²) in [6.45, 7) is 7.09. The first kappa shape index (κ1) is 20.7. The number of para-hydroxylation sites is 1. The molecule has 5 nitrogen and oxygen atoms in total. The summed E-state index contributed by atoms with van der Waals surface area (Å²) in [5.74, 6) is 2.38. The zero-order chi connectivity index (χ0) is 21.1. The molecule has 2 heterocycles. The number of amides is 1. The van der Waals surface area contributed by atoms with E-state index in [1.54, 1.807) is 7.11 Å². The molecule has 2 aliphatic heterocycles. The molecular weight excluding hydrogens is 376 g/mol. The predicted octanol–water partition coefficient (Wildman–Crippen LogP) is 4.09. The molecule has 2 atom stereocenters. The first-order chi connectivity index (χ1) is 14.6. The van der Waals surface area contributed by atoms with Crippen molar-refractivity contribution in [2.45, 2.75) is 44.9 Å². The van der Waals surface area contributed by atoms with Gasteiger partial charge in [-0.1, -0.05) is 18.2 Å². The molecule has 4 rings (SSSR count). The van der Waals surface area contributed by atoms with Gasteiger partial charge in [0.15, 0.2) is 0 Å². The van der Waals surface area contributed by atoms with Crippen LogP contribution in [0.2, 0.25) is 0 Å². The fourth-order valence-electron chi connectivity index (χ4n) is 4.78. The third-order valence-corrected chi connectivity index (χ3v) is 6.50. The van der Waals surface area contributed by atoms with Crippen LogP contribution in [0.25, 0.3) is 0 Å². The van der Waals surface area contributed by atoms with Crippen LogP contribution in [-0.4, -0.2) is 60.6 Å². The number of carbonyl (C=O) groups excluding carboxylic acids is 1. The maximum Gasteiger partial charge on any atom is 0.253 e. The van der Waals surface area contributed by atoms with Gasteiger partial charge in [0.25, 0.3) is 5.91 Å². The summed E-state index contributed by atoms with van der Waals surface area (Å²) < 4.78 is 11.5. The maximum absolute atomic E-state index is 12.9. The van der Waals surface area contributed by atoms with E-state index in [4.69, 9.17) is 9.47 Å². The van der Waals surface area contributed by atoms with Crippen molar-refractivity contribution >= 4 is 5.91 Å². The number of carbonyl (C=O) groups is 1. The smallest absolute Gasteiger partial charge is 0.253 e. The molecule has 1 amide bonds. The fraction of sp³-hybridized carbons (Fsp3) is 0.480. The normalized spacial score (nSPS) is 22.6. The van der Waals surface area contributed by atoms with Crippen molar-refractivity contribution in [2.24, 2.45) is 5.92 Å². The molecule has 30 heavy (non-hydrogen) atoms. The molecule has 0 saturated carbocycles. The van der Waals surface area contributed by atoms with Crippen molar-refractivity contribution in [3.05, 3.63) is 60.2 Å². The summed E-state index contributed by atoms with van der Waals surface area (Å²) in [5, 5.41) is 0. The topological polar surface area (TPSA) is 42.0 Å². The Labute approximate surface area is 179 Å². The molecule has 2 aromatic carbocycles. The van der Waals surface area contributed by atoms with Gasteiger partial charge in [-0.25, -0.2) is 0 Å². The van der Waals surface area contributed by atoms with Crippen LogP contribution in [0.4, 0.5) is 0 Å². The minimum absolute atomic E-state index is 0.113. The maximum atomic E-state index is 12.9. The minimum Gasteiger partial charge on any atom is -0.497 e. The summed E-state index contributed by atoms with van der Waals surface area (Å²) >= 11 is 0. The van der Waals surface area contributed by atoms with E-state index in [9.17, 15) is 4.79 Å². The average molecular weight is 409 g/mol. The van der Waals surface area contributed by atoms with Crippen LogP contribution in [0.3, 0.4) is 0 Å². The number of ether oxygens (including phenoxy) is 2. The van der Waals surface area contributed by atoms with Crippen molar-refractivity contribution < 1.29 is 14.3 Å². The van der Waals surface area contributed by atoms with Gasteiger partial charge in [0.2, 0.25) is 0 Å². The number of rotatable bonds is 6. The van der Waals surface area contributed by atoms with Gasteiger partial charge in [-0.3, -0.25) is 9.69 Å². The van der Waals surface area contributed by atoms with Crippen molar-refractivity contribution in [2.75, 3.05) is 26.7 Å². The van der Waals surface area contributed by atoms with E-state index in [1.165, 1.54) is 0 Å². The van der Waals surface area contributed by atoms with Gasteiger partial charge in [0.1, 0.15) is 17.6 Å². The highest BCUT2D eigenvalue weighted by Crippen LogP contribution is 2.36. The molecule has 0 radical (unpaired) electrons. The highest BCUT2D eigenvalue weighted by Gasteiger charge is 2.47. The van der Waals surface area contributed by atoms with Crippen LogP contribution in [0, 0.1) is 5.92 Å². The fourth-order valence-corrected chi connectivity index (χ4v) is 4.78. The largest absolute Gasteiger partial charge is 0.497 e. The molecule has 2 fully saturated rings. The molecule has 160 valence electrons. The Hall–Kier alpha value is -2.53. The molecular formula is C25H32N2O3. The first-order valence-electron chi connectivity index (χ1n) is 11.0. The lowest BCUT2D eigenvalue weighted by atomic mass is 9.79. The quantitative estimate of drug-likeness (QED) is 0.722. The van der Waals surface area contributed by atoms with Crippen LogP contribution in [0.5, 0.6) is 11.5 Å². The van der Waals surface area contributed by atoms with Crippen LogP contribution in [0.1, 0.15) is 37.0 Å². The van der Waals surface area contributed by atoms with Gasteiger partial charge in [-0.2, -0.15) is 0 Å². The molecule has 0 aliphatic carbocycles. The van der Waals surface area contributed by atoms with Crippen LogP contribution in [-0.2, 0) is 0 Å². The molecule has 0 spiro atoms. The average Bonchev–Trinajstić information content (AvgIpc) is 2.77. The predicted molar refractivity (Wildman–Crippen MR) is 118 cm³/mol. The lowest BCUT2D eigenvalue weighted by Crippen LogP contribution is -2.68.